The maximum Gasteiger partial charge on any atom is 0.256 e. The van der Waals surface area contributed by atoms with E-state index >= 15 is 0 Å². The van der Waals surface area contributed by atoms with Crippen molar-refractivity contribution in [3.63, 3.8) is 0 Å². The van der Waals surface area contributed by atoms with Gasteiger partial charge in [-0.2, -0.15) is 0 Å². The van der Waals surface area contributed by atoms with Gasteiger partial charge in [-0.25, -0.2) is 0 Å². The number of ether oxygens (including phenoxy) is 1. The fourth-order valence-corrected chi connectivity index (χ4v) is 9.54. The van der Waals surface area contributed by atoms with E-state index in [0.717, 1.165) is 28.6 Å². The Hall–Kier alpha value is -7.56. The molecule has 10 aromatic rings. The second kappa shape index (κ2) is 13.0. The highest BCUT2D eigenvalue weighted by atomic mass is 16.5. The fourth-order valence-electron chi connectivity index (χ4n) is 9.54. The molecule has 0 N–H and O–H groups in total. The van der Waals surface area contributed by atoms with E-state index in [1.54, 1.807) is 0 Å². The van der Waals surface area contributed by atoms with Crippen molar-refractivity contribution < 1.29 is 4.74 Å². The number of fused-ring (bicyclic) bond motifs is 7. The van der Waals surface area contributed by atoms with Crippen LogP contribution < -0.4 is 26.0 Å². The third-order valence-electron chi connectivity index (χ3n) is 12.1. The second-order valence-electron chi connectivity index (χ2n) is 15.2. The quantitative estimate of drug-likeness (QED) is 0.164. The number of rotatable bonds is 5. The molecule has 1 aromatic heterocycles. The van der Waals surface area contributed by atoms with Crippen LogP contribution in [0.3, 0.4) is 0 Å². The van der Waals surface area contributed by atoms with Gasteiger partial charge in [0.1, 0.15) is 11.5 Å². The lowest BCUT2D eigenvalue weighted by atomic mass is 9.34. The van der Waals surface area contributed by atoms with Crippen molar-refractivity contribution in [3.05, 3.63) is 212 Å². The molecule has 0 radical (unpaired) electrons. The van der Waals surface area contributed by atoms with Crippen LogP contribution in [0.1, 0.15) is 0 Å². The molecule has 3 heterocycles. The lowest BCUT2D eigenvalue weighted by Crippen LogP contribution is -2.59. The van der Waals surface area contributed by atoms with Crippen LogP contribution in [0, 0.1) is 0 Å². The van der Waals surface area contributed by atoms with E-state index < -0.39 is 0 Å². The summed E-state index contributed by atoms with van der Waals surface area (Å²) in [6.07, 6.45) is 0. The molecule has 9 aromatic carbocycles. The van der Waals surface area contributed by atoms with Gasteiger partial charge < -0.3 is 14.2 Å². The molecule has 12 rings (SSSR count). The molecule has 58 heavy (non-hydrogen) atoms. The van der Waals surface area contributed by atoms with Gasteiger partial charge in [0, 0.05) is 33.3 Å². The molecule has 0 fully saturated rings. The monoisotopic (exact) mass is 738 g/mol. The summed E-state index contributed by atoms with van der Waals surface area (Å²) in [7, 11) is 0. The van der Waals surface area contributed by atoms with E-state index in [4.69, 9.17) is 4.74 Å². The Morgan fingerprint density at radius 3 is 1.83 bits per heavy atom. The molecule has 0 spiro atoms. The minimum absolute atomic E-state index is 0.0828. The molecule has 2 aliphatic heterocycles. The van der Waals surface area contributed by atoms with E-state index in [0.29, 0.717) is 0 Å². The summed E-state index contributed by atoms with van der Waals surface area (Å²) in [5.74, 6) is 1.84. The van der Waals surface area contributed by atoms with Gasteiger partial charge in [-0.1, -0.05) is 158 Å². The Morgan fingerprint density at radius 1 is 0.345 bits per heavy atom. The lowest BCUT2D eigenvalue weighted by molar-refractivity contribution is 0.487. The normalized spacial score (nSPS) is 12.6. The second-order valence-corrected chi connectivity index (χ2v) is 15.2. The van der Waals surface area contributed by atoms with Gasteiger partial charge in [-0.3, -0.25) is 0 Å². The van der Waals surface area contributed by atoms with E-state index in [-0.39, 0.29) is 6.71 Å². The van der Waals surface area contributed by atoms with Crippen molar-refractivity contribution in [2.45, 2.75) is 0 Å². The van der Waals surface area contributed by atoms with Crippen molar-refractivity contribution in [1.29, 1.82) is 0 Å². The first kappa shape index (κ1) is 32.7. The molecule has 0 saturated carbocycles. The van der Waals surface area contributed by atoms with Crippen molar-refractivity contribution in [3.8, 4) is 50.6 Å². The number of hydrogen-bond acceptors (Lipinski definition) is 2. The van der Waals surface area contributed by atoms with E-state index in [9.17, 15) is 0 Å². The smallest absolute Gasteiger partial charge is 0.256 e. The van der Waals surface area contributed by atoms with Crippen LogP contribution in [0.15, 0.2) is 212 Å². The Kier molecular flexibility index (Phi) is 7.33. The summed E-state index contributed by atoms with van der Waals surface area (Å²) < 4.78 is 9.07. The molecular weight excluding hydrogens is 703 g/mol. The zero-order valence-corrected chi connectivity index (χ0v) is 31.6. The molecule has 0 atom stereocenters. The van der Waals surface area contributed by atoms with E-state index in [1.807, 2.05) is 0 Å². The van der Waals surface area contributed by atoms with Gasteiger partial charge in [0.2, 0.25) is 0 Å². The highest BCUT2D eigenvalue weighted by Crippen LogP contribution is 2.46. The van der Waals surface area contributed by atoms with Gasteiger partial charge in [0.25, 0.3) is 6.71 Å². The van der Waals surface area contributed by atoms with Crippen LogP contribution in [0.4, 0.5) is 17.1 Å². The van der Waals surface area contributed by atoms with Crippen molar-refractivity contribution in [1.82, 2.24) is 4.57 Å². The standard InChI is InChI=1S/C54H35BN2O/c1-3-16-36(17-4-1)38-30-32-41(37-18-5-2-6-19-37)51(35-38)56-47-25-12-8-21-42(47)43-34-39(31-33-48(43)56)40-20-7-11-24-46(40)57-49-26-13-9-22-44(49)55-45-23-10-14-28-52(45)58-53-29-15-27-50(57)54(53)55/h1-35H. The number of anilines is 3. The number of hydrogen-bond donors (Lipinski definition) is 0. The first-order valence-electron chi connectivity index (χ1n) is 20.0. The topological polar surface area (TPSA) is 17.4 Å². The van der Waals surface area contributed by atoms with Crippen LogP contribution in [0.2, 0.25) is 0 Å². The maximum atomic E-state index is 6.61. The first-order chi connectivity index (χ1) is 28.8. The number of para-hydroxylation sites is 4. The van der Waals surface area contributed by atoms with Crippen molar-refractivity contribution >= 4 is 62.0 Å². The largest absolute Gasteiger partial charge is 0.458 e. The average Bonchev–Trinajstić information content (AvgIpc) is 3.63. The van der Waals surface area contributed by atoms with Crippen molar-refractivity contribution in [2.24, 2.45) is 0 Å². The molecule has 0 saturated heterocycles. The molecular formula is C54H35BN2O. The zero-order valence-electron chi connectivity index (χ0n) is 31.6. The van der Waals surface area contributed by atoms with Gasteiger partial charge in [-0.15, -0.1) is 0 Å². The third kappa shape index (κ3) is 4.95. The minimum Gasteiger partial charge on any atom is -0.458 e. The van der Waals surface area contributed by atoms with E-state index in [1.165, 1.54) is 77.3 Å². The van der Waals surface area contributed by atoms with Gasteiger partial charge in [-0.05, 0) is 93.2 Å². The van der Waals surface area contributed by atoms with Crippen LogP contribution in [0.25, 0.3) is 60.9 Å². The van der Waals surface area contributed by atoms with Gasteiger partial charge in [0.15, 0.2) is 0 Å². The molecule has 2 aliphatic rings. The molecule has 3 nitrogen and oxygen atoms in total. The van der Waals surface area contributed by atoms with Gasteiger partial charge >= 0.3 is 0 Å². The third-order valence-corrected chi connectivity index (χ3v) is 12.1. The predicted molar refractivity (Wildman–Crippen MR) is 243 cm³/mol. The SMILES string of the molecule is c1ccc(-c2ccc(-c3ccccc3)c(-n3c4ccccc4c4cc(-c5ccccc5N5c6ccccc6B6c7ccccc7Oc7cccc5c76)ccc43)c2)cc1. The zero-order chi connectivity index (χ0) is 38.2. The fraction of sp³-hybridized carbons (Fsp3) is 0. The highest BCUT2D eigenvalue weighted by Gasteiger charge is 2.41. The summed E-state index contributed by atoms with van der Waals surface area (Å²) in [4.78, 5) is 2.45. The molecule has 0 unspecified atom stereocenters. The Bertz CT molecular complexity index is 3220. The average molecular weight is 739 g/mol. The van der Waals surface area contributed by atoms with Crippen LogP contribution in [-0.2, 0) is 0 Å². The number of aromatic nitrogens is 1. The van der Waals surface area contributed by atoms with Crippen LogP contribution in [0.5, 0.6) is 11.5 Å². The number of nitrogens with zero attached hydrogens (tertiary/aromatic N) is 2. The van der Waals surface area contributed by atoms with Crippen LogP contribution in [-0.4, -0.2) is 11.3 Å². The molecule has 4 heteroatoms. The Labute approximate surface area is 337 Å². The Morgan fingerprint density at radius 2 is 0.966 bits per heavy atom. The van der Waals surface area contributed by atoms with E-state index in [2.05, 4.69) is 222 Å². The van der Waals surface area contributed by atoms with Gasteiger partial charge in [0.05, 0.1) is 22.4 Å². The molecule has 0 bridgehead atoms. The highest BCUT2D eigenvalue weighted by molar-refractivity contribution is 6.99. The summed E-state index contributed by atoms with van der Waals surface area (Å²) in [6.45, 7) is 0.0828. The van der Waals surface area contributed by atoms with Crippen molar-refractivity contribution in [2.75, 3.05) is 4.90 Å². The molecule has 0 aliphatic carbocycles. The predicted octanol–water partition coefficient (Wildman–Crippen LogP) is 12.2. The summed E-state index contributed by atoms with van der Waals surface area (Å²) >= 11 is 0. The molecule has 0 amide bonds. The number of benzene rings is 9. The summed E-state index contributed by atoms with van der Waals surface area (Å²) in [5.41, 5.74) is 17.8. The van der Waals surface area contributed by atoms with Crippen LogP contribution >= 0.6 is 0 Å². The minimum atomic E-state index is 0.0828. The summed E-state index contributed by atoms with van der Waals surface area (Å²) in [5, 5.41) is 2.44. The summed E-state index contributed by atoms with van der Waals surface area (Å²) in [6, 6.07) is 76.9. The first-order valence-corrected chi connectivity index (χ1v) is 20.0. The lowest BCUT2D eigenvalue weighted by Gasteiger charge is -2.40. The molecule has 270 valence electrons. The Balaban J connectivity index is 1.06. The maximum absolute atomic E-state index is 6.61.